The van der Waals surface area contributed by atoms with Crippen molar-refractivity contribution in [3.05, 3.63) is 36.0 Å². The molecule has 0 spiro atoms. The number of hydrogen-bond acceptors (Lipinski definition) is 1. The number of H-pyrrole nitrogens is 1. The first kappa shape index (κ1) is 11.2. The van der Waals surface area contributed by atoms with E-state index in [1.54, 1.807) is 0 Å². The molecule has 0 radical (unpaired) electrons. The minimum absolute atomic E-state index is 0.261. The largest absolute Gasteiger partial charge is 0.396 e. The van der Waals surface area contributed by atoms with Gasteiger partial charge in [-0.2, -0.15) is 0 Å². The van der Waals surface area contributed by atoms with Crippen LogP contribution in [0, 0.1) is 11.8 Å². The summed E-state index contributed by atoms with van der Waals surface area (Å²) in [7, 11) is 0. The number of aromatic amines is 1. The molecule has 1 atom stereocenters. The summed E-state index contributed by atoms with van der Waals surface area (Å²) >= 11 is 0. The Morgan fingerprint density at radius 1 is 1.25 bits per heavy atom. The van der Waals surface area contributed by atoms with Crippen LogP contribution in [-0.2, 0) is 6.42 Å². The topological polar surface area (TPSA) is 36.0 Å². The lowest BCUT2D eigenvalue weighted by atomic mass is 9.90. The molecule has 86 valence electrons. The van der Waals surface area contributed by atoms with Crippen molar-refractivity contribution in [2.24, 2.45) is 11.8 Å². The van der Waals surface area contributed by atoms with E-state index < -0.39 is 0 Å². The number of aromatic nitrogens is 1. The molecule has 0 aliphatic rings. The highest BCUT2D eigenvalue weighted by Crippen LogP contribution is 2.23. The highest BCUT2D eigenvalue weighted by Gasteiger charge is 2.14. The Kier molecular flexibility index (Phi) is 3.30. The van der Waals surface area contributed by atoms with Crippen LogP contribution in [0.4, 0.5) is 0 Å². The first-order chi connectivity index (χ1) is 7.72. The number of nitrogens with one attached hydrogen (secondary N) is 1. The second-order valence-electron chi connectivity index (χ2n) is 4.75. The van der Waals surface area contributed by atoms with Gasteiger partial charge in [0.05, 0.1) is 0 Å². The normalized spacial score (nSPS) is 13.5. The summed E-state index contributed by atoms with van der Waals surface area (Å²) in [4.78, 5) is 3.27. The van der Waals surface area contributed by atoms with Crippen LogP contribution < -0.4 is 0 Å². The molecule has 0 aliphatic heterocycles. The van der Waals surface area contributed by atoms with E-state index >= 15 is 0 Å². The van der Waals surface area contributed by atoms with Gasteiger partial charge in [-0.25, -0.2) is 0 Å². The van der Waals surface area contributed by atoms with Crippen molar-refractivity contribution in [1.29, 1.82) is 0 Å². The Labute approximate surface area is 96.3 Å². The molecule has 2 nitrogen and oxygen atoms in total. The Morgan fingerprint density at radius 2 is 2.00 bits per heavy atom. The highest BCUT2D eigenvalue weighted by molar-refractivity contribution is 5.83. The van der Waals surface area contributed by atoms with Gasteiger partial charge in [0, 0.05) is 23.7 Å². The predicted molar refractivity (Wildman–Crippen MR) is 67.4 cm³/mol. The van der Waals surface area contributed by atoms with E-state index in [1.165, 1.54) is 16.5 Å². The lowest BCUT2D eigenvalue weighted by molar-refractivity contribution is 0.189. The van der Waals surface area contributed by atoms with Crippen molar-refractivity contribution in [1.82, 2.24) is 4.98 Å². The van der Waals surface area contributed by atoms with Gasteiger partial charge in [0.2, 0.25) is 0 Å². The van der Waals surface area contributed by atoms with Crippen molar-refractivity contribution in [3.63, 3.8) is 0 Å². The molecule has 1 aromatic carbocycles. The van der Waals surface area contributed by atoms with E-state index in [-0.39, 0.29) is 6.61 Å². The second-order valence-corrected chi connectivity index (χ2v) is 4.75. The van der Waals surface area contributed by atoms with Crippen molar-refractivity contribution >= 4 is 10.9 Å². The maximum absolute atomic E-state index is 9.36. The number of benzene rings is 1. The predicted octanol–water partition coefficient (Wildman–Crippen LogP) is 2.97. The lowest BCUT2D eigenvalue weighted by Gasteiger charge is -2.17. The van der Waals surface area contributed by atoms with Crippen LogP contribution in [0.2, 0.25) is 0 Å². The number of fused-ring (bicyclic) bond motifs is 1. The van der Waals surface area contributed by atoms with E-state index in [0.717, 1.165) is 6.42 Å². The van der Waals surface area contributed by atoms with E-state index in [9.17, 15) is 5.11 Å². The summed E-state index contributed by atoms with van der Waals surface area (Å²) in [6.07, 6.45) is 3.01. The fourth-order valence-electron chi connectivity index (χ4n) is 2.09. The molecule has 0 amide bonds. The quantitative estimate of drug-likeness (QED) is 0.811. The molecule has 0 bridgehead atoms. The molecule has 0 aliphatic carbocycles. The van der Waals surface area contributed by atoms with E-state index in [2.05, 4.69) is 43.2 Å². The zero-order valence-electron chi connectivity index (χ0n) is 9.90. The Balaban J connectivity index is 2.27. The third kappa shape index (κ3) is 2.12. The third-order valence-corrected chi connectivity index (χ3v) is 3.33. The fraction of sp³-hybridized carbons (Fsp3) is 0.429. The van der Waals surface area contributed by atoms with E-state index in [1.807, 2.05) is 6.07 Å². The van der Waals surface area contributed by atoms with Gasteiger partial charge in [-0.3, -0.25) is 0 Å². The molecule has 2 aromatic rings. The first-order valence-corrected chi connectivity index (χ1v) is 5.88. The van der Waals surface area contributed by atoms with E-state index in [0.29, 0.717) is 11.8 Å². The SMILES string of the molecule is CC(C)[C@@H](CO)Cc1c[nH]c2ccccc12. The summed E-state index contributed by atoms with van der Waals surface area (Å²) < 4.78 is 0. The van der Waals surface area contributed by atoms with Crippen LogP contribution in [0.25, 0.3) is 10.9 Å². The molecular formula is C14H19NO. The van der Waals surface area contributed by atoms with Crippen LogP contribution in [-0.4, -0.2) is 16.7 Å². The minimum atomic E-state index is 0.261. The average Bonchev–Trinajstić information content (AvgIpc) is 2.69. The molecule has 0 fully saturated rings. The summed E-state index contributed by atoms with van der Waals surface area (Å²) in [5.74, 6) is 0.859. The standard InChI is InChI=1S/C14H19NO/c1-10(2)12(9-16)7-11-8-15-14-6-4-3-5-13(11)14/h3-6,8,10,12,15-16H,7,9H2,1-2H3/t12-/m1/s1. The van der Waals surface area contributed by atoms with Gasteiger partial charge in [-0.1, -0.05) is 32.0 Å². The second kappa shape index (κ2) is 4.71. The molecule has 16 heavy (non-hydrogen) atoms. The molecule has 0 saturated heterocycles. The zero-order chi connectivity index (χ0) is 11.5. The Hall–Kier alpha value is -1.28. The molecule has 1 aromatic heterocycles. The van der Waals surface area contributed by atoms with Gasteiger partial charge in [0.1, 0.15) is 0 Å². The lowest BCUT2D eigenvalue weighted by Crippen LogP contribution is -2.16. The van der Waals surface area contributed by atoms with Gasteiger partial charge in [0.25, 0.3) is 0 Å². The van der Waals surface area contributed by atoms with Crippen LogP contribution in [0.1, 0.15) is 19.4 Å². The van der Waals surface area contributed by atoms with Crippen LogP contribution >= 0.6 is 0 Å². The van der Waals surface area contributed by atoms with Gasteiger partial charge in [0.15, 0.2) is 0 Å². The zero-order valence-corrected chi connectivity index (χ0v) is 9.90. The van der Waals surface area contributed by atoms with Gasteiger partial charge in [-0.15, -0.1) is 0 Å². The number of para-hydroxylation sites is 1. The maximum atomic E-state index is 9.36. The highest BCUT2D eigenvalue weighted by atomic mass is 16.3. The maximum Gasteiger partial charge on any atom is 0.0464 e. The van der Waals surface area contributed by atoms with Gasteiger partial charge < -0.3 is 10.1 Å². The summed E-state index contributed by atoms with van der Waals surface area (Å²) in [5, 5.41) is 10.6. The molecule has 0 saturated carbocycles. The monoisotopic (exact) mass is 217 g/mol. The van der Waals surface area contributed by atoms with E-state index in [4.69, 9.17) is 0 Å². The molecule has 1 heterocycles. The van der Waals surface area contributed by atoms with Crippen molar-refractivity contribution in [3.8, 4) is 0 Å². The fourth-order valence-corrected chi connectivity index (χ4v) is 2.09. The molecule has 2 rings (SSSR count). The Morgan fingerprint density at radius 3 is 2.69 bits per heavy atom. The number of rotatable bonds is 4. The summed E-state index contributed by atoms with van der Waals surface area (Å²) in [6, 6.07) is 8.32. The average molecular weight is 217 g/mol. The van der Waals surface area contributed by atoms with Crippen LogP contribution in [0.15, 0.2) is 30.5 Å². The smallest absolute Gasteiger partial charge is 0.0464 e. The molecule has 2 N–H and O–H groups in total. The van der Waals surface area contributed by atoms with Crippen molar-refractivity contribution in [2.45, 2.75) is 20.3 Å². The van der Waals surface area contributed by atoms with Crippen LogP contribution in [0.5, 0.6) is 0 Å². The van der Waals surface area contributed by atoms with Crippen LogP contribution in [0.3, 0.4) is 0 Å². The molecular weight excluding hydrogens is 198 g/mol. The molecule has 2 heteroatoms. The van der Waals surface area contributed by atoms with Crippen molar-refractivity contribution in [2.75, 3.05) is 6.61 Å². The van der Waals surface area contributed by atoms with Gasteiger partial charge in [-0.05, 0) is 29.9 Å². The Bertz CT molecular complexity index is 458. The molecule has 0 unspecified atom stereocenters. The number of aliphatic hydroxyl groups is 1. The summed E-state index contributed by atoms with van der Waals surface area (Å²) in [5.41, 5.74) is 2.49. The van der Waals surface area contributed by atoms with Gasteiger partial charge >= 0.3 is 0 Å². The first-order valence-electron chi connectivity index (χ1n) is 5.88. The van der Waals surface area contributed by atoms with Crippen molar-refractivity contribution < 1.29 is 5.11 Å². The minimum Gasteiger partial charge on any atom is -0.396 e. The number of aliphatic hydroxyl groups excluding tert-OH is 1. The number of hydrogen-bond donors (Lipinski definition) is 2. The third-order valence-electron chi connectivity index (χ3n) is 3.33. The summed E-state index contributed by atoms with van der Waals surface area (Å²) in [6.45, 7) is 4.59.